The fourth-order valence-electron chi connectivity index (χ4n) is 3.13. The summed E-state index contributed by atoms with van der Waals surface area (Å²) in [6.45, 7) is 7.77. The second-order valence-electron chi connectivity index (χ2n) is 7.31. The Balaban J connectivity index is 2.06. The Hall–Kier alpha value is -3.58. The zero-order chi connectivity index (χ0) is 21.0. The van der Waals surface area contributed by atoms with Gasteiger partial charge in [-0.25, -0.2) is 0 Å². The van der Waals surface area contributed by atoms with Crippen molar-refractivity contribution in [1.82, 2.24) is 0 Å². The van der Waals surface area contributed by atoms with Gasteiger partial charge in [-0.1, -0.05) is 42.5 Å². The number of fused-ring (bicyclic) bond motifs is 1. The summed E-state index contributed by atoms with van der Waals surface area (Å²) < 4.78 is 5.95. The van der Waals surface area contributed by atoms with Crippen molar-refractivity contribution in [3.63, 3.8) is 0 Å². The standard InChI is InChI=1S/C25H24N2O2/c1-16(2)29-24-12-11-19-7-5-6-8-21(19)22(24)14-20(15-26)25(28)27-23-13-17(3)9-10-18(23)4/h5-14,16H,1-4H3,(H,27,28)/b20-14+. The van der Waals surface area contributed by atoms with E-state index in [0.717, 1.165) is 27.5 Å². The highest BCUT2D eigenvalue weighted by Gasteiger charge is 2.15. The van der Waals surface area contributed by atoms with Crippen molar-refractivity contribution in [2.24, 2.45) is 0 Å². The first-order valence-corrected chi connectivity index (χ1v) is 9.58. The number of benzene rings is 3. The van der Waals surface area contributed by atoms with Crippen LogP contribution >= 0.6 is 0 Å². The van der Waals surface area contributed by atoms with E-state index in [2.05, 4.69) is 5.32 Å². The van der Waals surface area contributed by atoms with E-state index in [4.69, 9.17) is 4.74 Å². The quantitative estimate of drug-likeness (QED) is 0.447. The number of nitrogens with zero attached hydrogens (tertiary/aromatic N) is 1. The normalized spacial score (nSPS) is 11.4. The van der Waals surface area contributed by atoms with Gasteiger partial charge in [-0.3, -0.25) is 4.79 Å². The molecule has 0 bridgehead atoms. The van der Waals surface area contributed by atoms with Gasteiger partial charge >= 0.3 is 0 Å². The predicted octanol–water partition coefficient (Wildman–Crippen LogP) is 5.79. The minimum atomic E-state index is -0.440. The molecule has 3 aromatic carbocycles. The molecule has 4 nitrogen and oxygen atoms in total. The van der Waals surface area contributed by atoms with Crippen molar-refractivity contribution in [3.05, 3.63) is 76.9 Å². The van der Waals surface area contributed by atoms with Gasteiger partial charge in [0.25, 0.3) is 5.91 Å². The molecule has 4 heteroatoms. The van der Waals surface area contributed by atoms with E-state index in [-0.39, 0.29) is 11.7 Å². The molecule has 1 N–H and O–H groups in total. The summed E-state index contributed by atoms with van der Waals surface area (Å²) in [6, 6.07) is 19.6. The average molecular weight is 384 g/mol. The molecule has 0 saturated heterocycles. The van der Waals surface area contributed by atoms with Crippen LogP contribution in [0.4, 0.5) is 5.69 Å². The molecule has 0 aromatic heterocycles. The van der Waals surface area contributed by atoms with Gasteiger partial charge in [0.05, 0.1) is 6.10 Å². The maximum Gasteiger partial charge on any atom is 0.266 e. The molecule has 0 atom stereocenters. The minimum absolute atomic E-state index is 0.0239. The molecule has 0 spiro atoms. The number of carbonyl (C=O) groups is 1. The highest BCUT2D eigenvalue weighted by atomic mass is 16.5. The first kappa shape index (κ1) is 20.2. The smallest absolute Gasteiger partial charge is 0.266 e. The third kappa shape index (κ3) is 4.64. The van der Waals surface area contributed by atoms with Crippen LogP contribution in [0.3, 0.4) is 0 Å². The van der Waals surface area contributed by atoms with E-state index in [0.29, 0.717) is 11.4 Å². The van der Waals surface area contributed by atoms with E-state index >= 15 is 0 Å². The SMILES string of the molecule is Cc1ccc(C)c(NC(=O)/C(C#N)=C/c2c(OC(C)C)ccc3ccccc23)c1. The highest BCUT2D eigenvalue weighted by molar-refractivity contribution is 6.11. The van der Waals surface area contributed by atoms with Gasteiger partial charge in [0.15, 0.2) is 0 Å². The number of nitrogens with one attached hydrogen (secondary N) is 1. The first-order valence-electron chi connectivity index (χ1n) is 9.58. The summed E-state index contributed by atoms with van der Waals surface area (Å²) in [5, 5.41) is 14.5. The van der Waals surface area contributed by atoms with Gasteiger partial charge in [0.1, 0.15) is 17.4 Å². The van der Waals surface area contributed by atoms with Crippen LogP contribution in [0.2, 0.25) is 0 Å². The molecule has 0 fully saturated rings. The van der Waals surface area contributed by atoms with Crippen LogP contribution in [-0.4, -0.2) is 12.0 Å². The van der Waals surface area contributed by atoms with Gasteiger partial charge < -0.3 is 10.1 Å². The van der Waals surface area contributed by atoms with Crippen molar-refractivity contribution in [2.45, 2.75) is 33.8 Å². The van der Waals surface area contributed by atoms with Crippen LogP contribution in [0.15, 0.2) is 60.2 Å². The van der Waals surface area contributed by atoms with Gasteiger partial charge in [0.2, 0.25) is 0 Å². The van der Waals surface area contributed by atoms with E-state index < -0.39 is 5.91 Å². The molecule has 29 heavy (non-hydrogen) atoms. The molecule has 3 aromatic rings. The zero-order valence-electron chi connectivity index (χ0n) is 17.1. The fraction of sp³-hybridized carbons (Fsp3) is 0.200. The minimum Gasteiger partial charge on any atom is -0.490 e. The Labute approximate surface area is 171 Å². The summed E-state index contributed by atoms with van der Waals surface area (Å²) in [7, 11) is 0. The Bertz CT molecular complexity index is 1140. The Morgan fingerprint density at radius 2 is 1.86 bits per heavy atom. The molecule has 0 heterocycles. The molecule has 3 rings (SSSR count). The van der Waals surface area contributed by atoms with Gasteiger partial charge in [-0.2, -0.15) is 5.26 Å². The summed E-state index contributed by atoms with van der Waals surface area (Å²) in [6.07, 6.45) is 1.58. The van der Waals surface area contributed by atoms with Crippen LogP contribution in [-0.2, 0) is 4.79 Å². The largest absolute Gasteiger partial charge is 0.490 e. The van der Waals surface area contributed by atoms with Crippen LogP contribution < -0.4 is 10.1 Å². The average Bonchev–Trinajstić information content (AvgIpc) is 2.69. The van der Waals surface area contributed by atoms with E-state index in [1.54, 1.807) is 6.08 Å². The van der Waals surface area contributed by atoms with Crippen LogP contribution in [0, 0.1) is 25.2 Å². The fourth-order valence-corrected chi connectivity index (χ4v) is 3.13. The van der Waals surface area contributed by atoms with Crippen molar-refractivity contribution < 1.29 is 9.53 Å². The molecule has 146 valence electrons. The third-order valence-corrected chi connectivity index (χ3v) is 4.59. The Morgan fingerprint density at radius 3 is 2.59 bits per heavy atom. The number of nitriles is 1. The number of aryl methyl sites for hydroxylation is 2. The number of hydrogen-bond donors (Lipinski definition) is 1. The van der Waals surface area contributed by atoms with E-state index in [9.17, 15) is 10.1 Å². The number of ether oxygens (including phenoxy) is 1. The molecule has 0 aliphatic rings. The first-order chi connectivity index (χ1) is 13.9. The zero-order valence-corrected chi connectivity index (χ0v) is 17.1. The second-order valence-corrected chi connectivity index (χ2v) is 7.31. The molecule has 0 saturated carbocycles. The van der Waals surface area contributed by atoms with Gasteiger partial charge in [-0.15, -0.1) is 0 Å². The van der Waals surface area contributed by atoms with Crippen LogP contribution in [0.1, 0.15) is 30.5 Å². The summed E-state index contributed by atoms with van der Waals surface area (Å²) in [5.74, 6) is 0.204. The molecular weight excluding hydrogens is 360 g/mol. The number of hydrogen-bond acceptors (Lipinski definition) is 3. The molecule has 0 unspecified atom stereocenters. The summed E-state index contributed by atoms with van der Waals surface area (Å²) in [5.41, 5.74) is 3.43. The number of carbonyl (C=O) groups excluding carboxylic acids is 1. The van der Waals surface area contributed by atoms with E-state index in [1.165, 1.54) is 0 Å². The Morgan fingerprint density at radius 1 is 1.10 bits per heavy atom. The van der Waals surface area contributed by atoms with Crippen LogP contribution in [0.25, 0.3) is 16.8 Å². The third-order valence-electron chi connectivity index (χ3n) is 4.59. The number of amides is 1. The van der Waals surface area contributed by atoms with Gasteiger partial charge in [0, 0.05) is 11.3 Å². The summed E-state index contributed by atoms with van der Waals surface area (Å²) >= 11 is 0. The van der Waals surface area contributed by atoms with Crippen molar-refractivity contribution in [3.8, 4) is 11.8 Å². The van der Waals surface area contributed by atoms with Crippen molar-refractivity contribution >= 4 is 28.4 Å². The Kier molecular flexibility index (Phi) is 5.99. The lowest BCUT2D eigenvalue weighted by molar-refractivity contribution is -0.112. The molecule has 0 radical (unpaired) electrons. The number of anilines is 1. The topological polar surface area (TPSA) is 62.1 Å². The maximum atomic E-state index is 12.8. The number of rotatable bonds is 5. The maximum absolute atomic E-state index is 12.8. The molecule has 0 aliphatic heterocycles. The molecule has 0 aliphatic carbocycles. The van der Waals surface area contributed by atoms with Crippen molar-refractivity contribution in [2.75, 3.05) is 5.32 Å². The molecule has 1 amide bonds. The lowest BCUT2D eigenvalue weighted by atomic mass is 10.0. The monoisotopic (exact) mass is 384 g/mol. The van der Waals surface area contributed by atoms with Crippen molar-refractivity contribution in [1.29, 1.82) is 5.26 Å². The highest BCUT2D eigenvalue weighted by Crippen LogP contribution is 2.31. The second kappa shape index (κ2) is 8.62. The molecular formula is C25H24N2O2. The predicted molar refractivity (Wildman–Crippen MR) is 118 cm³/mol. The summed E-state index contributed by atoms with van der Waals surface area (Å²) in [4.78, 5) is 12.8. The lowest BCUT2D eigenvalue weighted by Gasteiger charge is -2.15. The van der Waals surface area contributed by atoms with E-state index in [1.807, 2.05) is 88.4 Å². The van der Waals surface area contributed by atoms with Gasteiger partial charge in [-0.05, 0) is 67.8 Å². The lowest BCUT2D eigenvalue weighted by Crippen LogP contribution is -2.14. The van der Waals surface area contributed by atoms with Crippen LogP contribution in [0.5, 0.6) is 5.75 Å².